The fourth-order valence-corrected chi connectivity index (χ4v) is 3.64. The molecule has 2 heterocycles. The summed E-state index contributed by atoms with van der Waals surface area (Å²) in [7, 11) is 1.34. The number of anilines is 2. The number of aromatic nitrogens is 1. The van der Waals surface area contributed by atoms with Gasteiger partial charge in [-0.3, -0.25) is 19.7 Å². The first-order chi connectivity index (χ1) is 15.9. The molecule has 0 saturated carbocycles. The molecule has 172 valence electrons. The molecule has 1 amide bonds. The molecule has 3 aromatic rings. The van der Waals surface area contributed by atoms with Crippen LogP contribution in [0, 0.1) is 16.0 Å². The number of hydrogen-bond acceptors (Lipinski definition) is 9. The van der Waals surface area contributed by atoms with Crippen LogP contribution in [0.15, 0.2) is 46.9 Å². The van der Waals surface area contributed by atoms with E-state index in [1.54, 1.807) is 0 Å². The molecule has 11 nitrogen and oxygen atoms in total. The first-order valence-electron chi connectivity index (χ1n) is 10.3. The topological polar surface area (TPSA) is 137 Å². The molecule has 2 aromatic carbocycles. The minimum Gasteiger partial charge on any atom is -0.494 e. The molecule has 0 bridgehead atoms. The van der Waals surface area contributed by atoms with Crippen LogP contribution in [-0.2, 0) is 14.3 Å². The maximum Gasteiger partial charge on any atom is 0.309 e. The van der Waals surface area contributed by atoms with E-state index in [0.29, 0.717) is 37.5 Å². The largest absolute Gasteiger partial charge is 0.494 e. The summed E-state index contributed by atoms with van der Waals surface area (Å²) in [5.74, 6) is -1.21. The predicted molar refractivity (Wildman–Crippen MR) is 118 cm³/mol. The van der Waals surface area contributed by atoms with Crippen molar-refractivity contribution in [3.63, 3.8) is 0 Å². The SMILES string of the molecule is COc1cc([N+](=O)[O-])ccc1NC(=O)COC(=O)C1CCN(c2nc3ccccc3o2)CC1. The van der Waals surface area contributed by atoms with E-state index in [2.05, 4.69) is 10.3 Å². The number of benzene rings is 2. The zero-order valence-corrected chi connectivity index (χ0v) is 17.9. The van der Waals surface area contributed by atoms with Gasteiger partial charge in [-0.05, 0) is 31.0 Å². The Morgan fingerprint density at radius 3 is 2.70 bits per heavy atom. The first kappa shape index (κ1) is 22.1. The van der Waals surface area contributed by atoms with Gasteiger partial charge in [0.25, 0.3) is 17.6 Å². The number of piperidine rings is 1. The number of carbonyl (C=O) groups is 2. The van der Waals surface area contributed by atoms with Crippen molar-refractivity contribution < 1.29 is 28.4 Å². The second-order valence-corrected chi connectivity index (χ2v) is 7.52. The summed E-state index contributed by atoms with van der Waals surface area (Å²) >= 11 is 0. The normalized spacial score (nSPS) is 14.2. The van der Waals surface area contributed by atoms with Crippen LogP contribution in [0.2, 0.25) is 0 Å². The van der Waals surface area contributed by atoms with Gasteiger partial charge in [0.2, 0.25) is 0 Å². The molecule has 0 unspecified atom stereocenters. The number of amides is 1. The molecule has 0 radical (unpaired) electrons. The zero-order chi connectivity index (χ0) is 23.4. The lowest BCUT2D eigenvalue weighted by molar-refractivity contribution is -0.384. The molecule has 1 aliphatic heterocycles. The Bertz CT molecular complexity index is 1150. The number of nitrogens with zero attached hydrogens (tertiary/aromatic N) is 3. The van der Waals surface area contributed by atoms with Gasteiger partial charge >= 0.3 is 5.97 Å². The van der Waals surface area contributed by atoms with Crippen molar-refractivity contribution in [3.05, 3.63) is 52.6 Å². The number of hydrogen-bond donors (Lipinski definition) is 1. The molecule has 1 N–H and O–H groups in total. The second kappa shape index (κ2) is 9.55. The van der Waals surface area contributed by atoms with Gasteiger partial charge in [-0.25, -0.2) is 0 Å². The van der Waals surface area contributed by atoms with E-state index in [4.69, 9.17) is 13.9 Å². The summed E-state index contributed by atoms with van der Waals surface area (Å²) in [6.45, 7) is 0.696. The Morgan fingerprint density at radius 1 is 1.24 bits per heavy atom. The molecule has 4 rings (SSSR count). The van der Waals surface area contributed by atoms with Crippen molar-refractivity contribution in [1.29, 1.82) is 0 Å². The molecule has 1 aromatic heterocycles. The van der Waals surface area contributed by atoms with Gasteiger partial charge < -0.3 is 24.1 Å². The van der Waals surface area contributed by atoms with Crippen molar-refractivity contribution in [2.24, 2.45) is 5.92 Å². The summed E-state index contributed by atoms with van der Waals surface area (Å²) in [5.41, 5.74) is 1.57. The molecule has 0 atom stereocenters. The molecule has 0 spiro atoms. The van der Waals surface area contributed by atoms with Crippen LogP contribution >= 0.6 is 0 Å². The Balaban J connectivity index is 1.26. The molecule has 0 aliphatic carbocycles. The number of oxazole rings is 1. The molecular weight excluding hydrogens is 432 g/mol. The van der Waals surface area contributed by atoms with Gasteiger partial charge in [0.05, 0.1) is 29.7 Å². The summed E-state index contributed by atoms with van der Waals surface area (Å²) in [6, 6.07) is 11.8. The summed E-state index contributed by atoms with van der Waals surface area (Å²) in [5, 5.41) is 13.4. The Kier molecular flexibility index (Phi) is 6.38. The lowest BCUT2D eigenvalue weighted by Gasteiger charge is -2.29. The summed E-state index contributed by atoms with van der Waals surface area (Å²) < 4.78 is 16.0. The van der Waals surface area contributed by atoms with Crippen LogP contribution in [0.4, 0.5) is 17.4 Å². The third-order valence-electron chi connectivity index (χ3n) is 5.40. The monoisotopic (exact) mass is 454 g/mol. The fourth-order valence-electron chi connectivity index (χ4n) is 3.64. The quantitative estimate of drug-likeness (QED) is 0.324. The van der Waals surface area contributed by atoms with Gasteiger partial charge in [-0.1, -0.05) is 12.1 Å². The highest BCUT2D eigenvalue weighted by Crippen LogP contribution is 2.29. The highest BCUT2D eigenvalue weighted by Gasteiger charge is 2.28. The lowest BCUT2D eigenvalue weighted by Crippen LogP contribution is -2.37. The van der Waals surface area contributed by atoms with E-state index in [9.17, 15) is 19.7 Å². The number of fused-ring (bicyclic) bond motifs is 1. The van der Waals surface area contributed by atoms with Crippen LogP contribution in [0.5, 0.6) is 5.75 Å². The average molecular weight is 454 g/mol. The average Bonchev–Trinajstić information content (AvgIpc) is 3.27. The van der Waals surface area contributed by atoms with Gasteiger partial charge in [-0.2, -0.15) is 4.98 Å². The number of ether oxygens (including phenoxy) is 2. The number of nitro benzene ring substituents is 1. The predicted octanol–water partition coefficient (Wildman–Crippen LogP) is 3.14. The van der Waals surface area contributed by atoms with Gasteiger partial charge in [-0.15, -0.1) is 0 Å². The number of esters is 1. The van der Waals surface area contributed by atoms with E-state index >= 15 is 0 Å². The van der Waals surface area contributed by atoms with Crippen LogP contribution < -0.4 is 15.0 Å². The molecular formula is C22H22N4O7. The molecule has 11 heteroatoms. The van der Waals surface area contributed by atoms with Crippen LogP contribution in [0.1, 0.15) is 12.8 Å². The third kappa shape index (κ3) is 5.03. The number of rotatable bonds is 7. The molecule has 1 fully saturated rings. The van der Waals surface area contributed by atoms with E-state index in [-0.39, 0.29) is 23.0 Å². The number of nitro groups is 1. The zero-order valence-electron chi connectivity index (χ0n) is 17.9. The minimum absolute atomic E-state index is 0.135. The van der Waals surface area contributed by atoms with Crippen molar-refractivity contribution >= 4 is 40.4 Å². The second-order valence-electron chi connectivity index (χ2n) is 7.52. The standard InChI is InChI=1S/C22H22N4O7/c1-31-19-12-15(26(29)30)6-7-17(19)23-20(27)13-32-21(28)14-8-10-25(11-9-14)22-24-16-4-2-3-5-18(16)33-22/h2-7,12,14H,8-11,13H2,1H3,(H,23,27). The van der Waals surface area contributed by atoms with Gasteiger partial charge in [0.15, 0.2) is 12.2 Å². The van der Waals surface area contributed by atoms with Crippen molar-refractivity contribution in [1.82, 2.24) is 4.98 Å². The Morgan fingerprint density at radius 2 is 2.00 bits per heavy atom. The maximum absolute atomic E-state index is 12.4. The van der Waals surface area contributed by atoms with Gasteiger partial charge in [0, 0.05) is 19.2 Å². The van der Waals surface area contributed by atoms with Crippen LogP contribution in [0.25, 0.3) is 11.1 Å². The lowest BCUT2D eigenvalue weighted by atomic mass is 9.97. The molecule has 33 heavy (non-hydrogen) atoms. The third-order valence-corrected chi connectivity index (χ3v) is 5.40. The highest BCUT2D eigenvalue weighted by atomic mass is 16.6. The number of non-ortho nitro benzene ring substituents is 1. The van der Waals surface area contributed by atoms with E-state index in [1.807, 2.05) is 29.2 Å². The number of methoxy groups -OCH3 is 1. The number of carbonyl (C=O) groups excluding carboxylic acids is 2. The smallest absolute Gasteiger partial charge is 0.309 e. The maximum atomic E-state index is 12.4. The molecule has 1 aliphatic rings. The van der Waals surface area contributed by atoms with Crippen LogP contribution in [-0.4, -0.2) is 48.6 Å². The number of nitrogens with one attached hydrogen (secondary N) is 1. The highest BCUT2D eigenvalue weighted by molar-refractivity contribution is 5.94. The van der Waals surface area contributed by atoms with Gasteiger partial charge in [0.1, 0.15) is 11.3 Å². The summed E-state index contributed by atoms with van der Waals surface area (Å²) in [4.78, 5) is 41.4. The van der Waals surface area contributed by atoms with Crippen molar-refractivity contribution in [3.8, 4) is 5.75 Å². The Hall–Kier alpha value is -4.15. The first-order valence-corrected chi connectivity index (χ1v) is 10.3. The minimum atomic E-state index is -0.570. The van der Waals surface area contributed by atoms with Crippen molar-refractivity contribution in [2.75, 3.05) is 37.0 Å². The van der Waals surface area contributed by atoms with E-state index in [1.165, 1.54) is 25.3 Å². The van der Waals surface area contributed by atoms with E-state index < -0.39 is 23.4 Å². The number of para-hydroxylation sites is 2. The Labute approximate surface area is 188 Å². The fraction of sp³-hybridized carbons (Fsp3) is 0.318. The van der Waals surface area contributed by atoms with Crippen LogP contribution in [0.3, 0.4) is 0 Å². The van der Waals surface area contributed by atoms with Crippen molar-refractivity contribution in [2.45, 2.75) is 12.8 Å². The molecule has 1 saturated heterocycles. The van der Waals surface area contributed by atoms with E-state index in [0.717, 1.165) is 5.52 Å². The summed E-state index contributed by atoms with van der Waals surface area (Å²) in [6.07, 6.45) is 1.10.